The largest absolute Gasteiger partial charge is 0.481 e. The van der Waals surface area contributed by atoms with Gasteiger partial charge in [0, 0.05) is 11.8 Å². The van der Waals surface area contributed by atoms with Crippen molar-refractivity contribution in [1.29, 1.82) is 0 Å². The lowest BCUT2D eigenvalue weighted by atomic mass is 9.78. The molecule has 1 fully saturated rings. The lowest BCUT2D eigenvalue weighted by molar-refractivity contribution is -0.201. The van der Waals surface area contributed by atoms with Crippen LogP contribution in [0.25, 0.3) is 0 Å². The van der Waals surface area contributed by atoms with E-state index in [0.717, 1.165) is 0 Å². The second-order valence-corrected chi connectivity index (χ2v) is 4.07. The zero-order valence-electron chi connectivity index (χ0n) is 7.96. The van der Waals surface area contributed by atoms with E-state index in [1.807, 2.05) is 19.1 Å². The van der Waals surface area contributed by atoms with E-state index in [1.165, 1.54) is 0 Å². The molecule has 0 amide bonds. The zero-order valence-corrected chi connectivity index (χ0v) is 7.96. The highest BCUT2D eigenvalue weighted by atomic mass is 16.6. The molecule has 4 unspecified atom stereocenters. The minimum atomic E-state index is -0.842. The Kier molecular flexibility index (Phi) is 2.33. The number of carboxylic acids is 1. The molecular formula is C10H14O4. The van der Waals surface area contributed by atoms with Crippen LogP contribution >= 0.6 is 0 Å². The van der Waals surface area contributed by atoms with Crippen LogP contribution in [0.15, 0.2) is 12.2 Å². The van der Waals surface area contributed by atoms with Crippen molar-refractivity contribution in [2.24, 2.45) is 23.7 Å². The van der Waals surface area contributed by atoms with E-state index in [9.17, 15) is 9.90 Å². The number of fused-ring (bicyclic) bond motifs is 1. The van der Waals surface area contributed by atoms with Crippen LogP contribution in [0.4, 0.5) is 0 Å². The first kappa shape index (κ1) is 9.68. The van der Waals surface area contributed by atoms with Gasteiger partial charge in [-0.1, -0.05) is 19.1 Å². The summed E-state index contributed by atoms with van der Waals surface area (Å²) in [7, 11) is 0. The molecule has 2 aliphatic rings. The summed E-state index contributed by atoms with van der Waals surface area (Å²) in [6.07, 6.45) is 3.05. The van der Waals surface area contributed by atoms with Gasteiger partial charge in [0.15, 0.2) is 6.29 Å². The molecule has 0 spiro atoms. The molecule has 2 rings (SSSR count). The van der Waals surface area contributed by atoms with Crippen LogP contribution in [-0.4, -0.2) is 29.1 Å². The fourth-order valence-corrected chi connectivity index (χ4v) is 2.42. The van der Waals surface area contributed by atoms with Crippen LogP contribution in [0, 0.1) is 23.7 Å². The molecule has 78 valence electrons. The van der Waals surface area contributed by atoms with Gasteiger partial charge < -0.3 is 14.9 Å². The lowest BCUT2D eigenvalue weighted by Crippen LogP contribution is -2.44. The Hall–Kier alpha value is -0.870. The number of aliphatic hydroxyl groups excluding tert-OH is 1. The van der Waals surface area contributed by atoms with Crippen molar-refractivity contribution < 1.29 is 19.7 Å². The maximum Gasteiger partial charge on any atom is 0.309 e. The van der Waals surface area contributed by atoms with Crippen LogP contribution in [0.3, 0.4) is 0 Å². The molecule has 4 nitrogen and oxygen atoms in total. The lowest BCUT2D eigenvalue weighted by Gasteiger charge is -2.36. The predicted molar refractivity (Wildman–Crippen MR) is 48.4 cm³/mol. The second kappa shape index (κ2) is 3.37. The van der Waals surface area contributed by atoms with Crippen LogP contribution in [0.1, 0.15) is 6.92 Å². The number of hydrogen-bond donors (Lipinski definition) is 2. The van der Waals surface area contributed by atoms with Gasteiger partial charge in [0.1, 0.15) is 0 Å². The molecule has 0 saturated carbocycles. The number of carboxylic acid groups (broad SMARTS) is 1. The number of carbonyl (C=O) groups is 1. The maximum absolute atomic E-state index is 10.9. The van der Waals surface area contributed by atoms with Gasteiger partial charge in [-0.25, -0.2) is 0 Å². The summed E-state index contributed by atoms with van der Waals surface area (Å²) in [4.78, 5) is 10.9. The van der Waals surface area contributed by atoms with E-state index < -0.39 is 18.2 Å². The fraction of sp³-hybridized carbons (Fsp3) is 0.700. The van der Waals surface area contributed by atoms with E-state index in [4.69, 9.17) is 9.84 Å². The molecule has 1 heterocycles. The van der Waals surface area contributed by atoms with Crippen molar-refractivity contribution in [3.63, 3.8) is 0 Å². The SMILES string of the molecule is C[C@H]1C=CC2C(C(=O)O)COC(O)C21. The van der Waals surface area contributed by atoms with Gasteiger partial charge in [-0.2, -0.15) is 0 Å². The third kappa shape index (κ3) is 1.35. The Bertz CT molecular complexity index is 273. The van der Waals surface area contributed by atoms with E-state index in [1.54, 1.807) is 0 Å². The molecule has 4 heteroatoms. The molecule has 0 aromatic rings. The van der Waals surface area contributed by atoms with E-state index in [0.29, 0.717) is 0 Å². The van der Waals surface area contributed by atoms with Gasteiger partial charge in [0.2, 0.25) is 0 Å². The summed E-state index contributed by atoms with van der Waals surface area (Å²) in [5.74, 6) is -1.33. The number of ether oxygens (including phenoxy) is 1. The molecule has 5 atom stereocenters. The highest BCUT2D eigenvalue weighted by Gasteiger charge is 2.46. The van der Waals surface area contributed by atoms with E-state index >= 15 is 0 Å². The number of aliphatic hydroxyl groups is 1. The molecule has 14 heavy (non-hydrogen) atoms. The van der Waals surface area contributed by atoms with Crippen molar-refractivity contribution in [3.8, 4) is 0 Å². The van der Waals surface area contributed by atoms with Gasteiger partial charge in [-0.05, 0) is 5.92 Å². The molecule has 0 bridgehead atoms. The average Bonchev–Trinajstić information content (AvgIpc) is 2.49. The third-order valence-corrected chi connectivity index (χ3v) is 3.25. The Morgan fingerprint density at radius 3 is 2.86 bits per heavy atom. The van der Waals surface area contributed by atoms with Crippen LogP contribution in [0.5, 0.6) is 0 Å². The third-order valence-electron chi connectivity index (χ3n) is 3.25. The number of aliphatic carboxylic acids is 1. The topological polar surface area (TPSA) is 66.8 Å². The van der Waals surface area contributed by atoms with Crippen molar-refractivity contribution >= 4 is 5.97 Å². The van der Waals surface area contributed by atoms with Gasteiger partial charge in [0.05, 0.1) is 12.5 Å². The number of rotatable bonds is 1. The zero-order chi connectivity index (χ0) is 10.3. The average molecular weight is 198 g/mol. The Morgan fingerprint density at radius 2 is 2.21 bits per heavy atom. The quantitative estimate of drug-likeness (QED) is 0.601. The van der Waals surface area contributed by atoms with Gasteiger partial charge in [-0.3, -0.25) is 4.79 Å². The first-order chi connectivity index (χ1) is 6.61. The van der Waals surface area contributed by atoms with Crippen LogP contribution in [0.2, 0.25) is 0 Å². The maximum atomic E-state index is 10.9. The minimum absolute atomic E-state index is 0.0775. The summed E-state index contributed by atoms with van der Waals surface area (Å²) in [5.41, 5.74) is 0. The smallest absolute Gasteiger partial charge is 0.309 e. The molecule has 1 aliphatic heterocycles. The van der Waals surface area contributed by atoms with Crippen molar-refractivity contribution in [2.45, 2.75) is 13.2 Å². The first-order valence-corrected chi connectivity index (χ1v) is 4.82. The van der Waals surface area contributed by atoms with Crippen LogP contribution in [-0.2, 0) is 9.53 Å². The summed E-state index contributed by atoms with van der Waals surface area (Å²) in [5, 5.41) is 18.6. The highest BCUT2D eigenvalue weighted by Crippen LogP contribution is 2.41. The normalized spacial score (nSPS) is 46.3. The molecule has 0 aromatic carbocycles. The number of hydrogen-bond acceptors (Lipinski definition) is 3. The Labute approximate surface area is 82.2 Å². The van der Waals surface area contributed by atoms with Gasteiger partial charge in [0.25, 0.3) is 0 Å². The van der Waals surface area contributed by atoms with Crippen molar-refractivity contribution in [1.82, 2.24) is 0 Å². The van der Waals surface area contributed by atoms with E-state index in [-0.39, 0.29) is 24.4 Å². The molecule has 0 aromatic heterocycles. The first-order valence-electron chi connectivity index (χ1n) is 4.82. The van der Waals surface area contributed by atoms with Crippen molar-refractivity contribution in [3.05, 3.63) is 12.2 Å². The molecule has 1 saturated heterocycles. The fourth-order valence-electron chi connectivity index (χ4n) is 2.42. The Balaban J connectivity index is 2.21. The van der Waals surface area contributed by atoms with Crippen LogP contribution < -0.4 is 0 Å². The van der Waals surface area contributed by atoms with Gasteiger partial charge in [-0.15, -0.1) is 0 Å². The number of allylic oxidation sites excluding steroid dienone is 2. The summed E-state index contributed by atoms with van der Waals surface area (Å²) in [6, 6.07) is 0. The predicted octanol–water partition coefficient (Wildman–Crippen LogP) is 0.474. The molecule has 2 N–H and O–H groups in total. The monoisotopic (exact) mass is 198 g/mol. The second-order valence-electron chi connectivity index (χ2n) is 4.07. The standard InChI is InChI=1S/C10H14O4/c1-5-2-3-6-7(9(11)12)4-14-10(13)8(5)6/h2-3,5-8,10,13H,4H2,1H3,(H,11,12)/t5-,6?,7?,8?,10?/m0/s1. The Morgan fingerprint density at radius 1 is 1.50 bits per heavy atom. The minimum Gasteiger partial charge on any atom is -0.481 e. The molecular weight excluding hydrogens is 184 g/mol. The van der Waals surface area contributed by atoms with E-state index in [2.05, 4.69) is 0 Å². The summed E-state index contributed by atoms with van der Waals surface area (Å²) < 4.78 is 5.07. The summed E-state index contributed by atoms with van der Waals surface area (Å²) in [6.45, 7) is 2.08. The van der Waals surface area contributed by atoms with Gasteiger partial charge >= 0.3 is 5.97 Å². The molecule has 1 aliphatic carbocycles. The summed E-state index contributed by atoms with van der Waals surface area (Å²) >= 11 is 0. The van der Waals surface area contributed by atoms with Crippen molar-refractivity contribution in [2.75, 3.05) is 6.61 Å². The molecule has 0 radical (unpaired) electrons. The highest BCUT2D eigenvalue weighted by molar-refractivity contribution is 5.71.